The van der Waals surface area contributed by atoms with Gasteiger partial charge >= 0.3 is 0 Å². The summed E-state index contributed by atoms with van der Waals surface area (Å²) >= 11 is 1.53. The lowest BCUT2D eigenvalue weighted by atomic mass is 10.2. The number of hydrogen-bond acceptors (Lipinski definition) is 4. The molecule has 0 spiro atoms. The summed E-state index contributed by atoms with van der Waals surface area (Å²) in [4.78, 5) is 38.0. The lowest BCUT2D eigenvalue weighted by molar-refractivity contribution is -0.133. The summed E-state index contributed by atoms with van der Waals surface area (Å²) in [6.45, 7) is 3.76. The molecule has 7 heteroatoms. The molecule has 1 heterocycles. The van der Waals surface area contributed by atoms with Gasteiger partial charge in [-0.15, -0.1) is 11.3 Å². The van der Waals surface area contributed by atoms with Crippen LogP contribution in [0.1, 0.15) is 18.7 Å². The van der Waals surface area contributed by atoms with E-state index in [1.165, 1.54) is 23.2 Å². The Morgan fingerprint density at radius 3 is 2.20 bits per heavy atom. The second-order valence-corrected chi connectivity index (χ2v) is 6.50. The van der Waals surface area contributed by atoms with Crippen molar-refractivity contribution >= 4 is 40.4 Å². The summed E-state index contributed by atoms with van der Waals surface area (Å²) in [5.41, 5.74) is 1.27. The maximum atomic E-state index is 12.3. The number of rotatable bonds is 7. The Hall–Kier alpha value is -2.67. The highest BCUT2D eigenvalue weighted by Crippen LogP contribution is 2.14. The number of anilines is 2. The van der Waals surface area contributed by atoms with Crippen LogP contribution in [0.5, 0.6) is 0 Å². The van der Waals surface area contributed by atoms with Gasteiger partial charge in [-0.1, -0.05) is 6.07 Å². The Labute approximate surface area is 150 Å². The first kappa shape index (κ1) is 18.7. The van der Waals surface area contributed by atoms with E-state index in [9.17, 15) is 14.4 Å². The molecule has 0 saturated carbocycles. The lowest BCUT2D eigenvalue weighted by Gasteiger charge is -2.20. The van der Waals surface area contributed by atoms with E-state index in [-0.39, 0.29) is 24.3 Å². The summed E-state index contributed by atoms with van der Waals surface area (Å²) in [6.07, 6.45) is 0.310. The maximum Gasteiger partial charge on any atom is 0.243 e. The van der Waals surface area contributed by atoms with Crippen LogP contribution in [0.25, 0.3) is 0 Å². The monoisotopic (exact) mass is 359 g/mol. The van der Waals surface area contributed by atoms with Gasteiger partial charge in [0.05, 0.1) is 13.0 Å². The average Bonchev–Trinajstić information content (AvgIpc) is 3.06. The predicted octanol–water partition coefficient (Wildman–Crippen LogP) is 2.74. The van der Waals surface area contributed by atoms with Crippen LogP contribution in [0.15, 0.2) is 41.8 Å². The minimum Gasteiger partial charge on any atom is -0.333 e. The first-order chi connectivity index (χ1) is 12.0. The van der Waals surface area contributed by atoms with Crippen molar-refractivity contribution in [1.82, 2.24) is 4.90 Å². The number of amides is 3. The van der Waals surface area contributed by atoms with Crippen LogP contribution >= 0.6 is 11.3 Å². The van der Waals surface area contributed by atoms with Crippen LogP contribution in [0.4, 0.5) is 11.4 Å². The second kappa shape index (κ2) is 8.98. The molecule has 2 aromatic rings. The minimum atomic E-state index is -0.256. The molecule has 0 aliphatic carbocycles. The third-order valence-electron chi connectivity index (χ3n) is 3.46. The SMILES string of the molecule is CCN(CC(=O)Nc1ccc(NC(C)=O)cc1)C(=O)Cc1cccs1. The van der Waals surface area contributed by atoms with E-state index in [1.54, 1.807) is 24.3 Å². The third kappa shape index (κ3) is 6.04. The quantitative estimate of drug-likeness (QED) is 0.798. The van der Waals surface area contributed by atoms with Crippen molar-refractivity contribution in [2.75, 3.05) is 23.7 Å². The van der Waals surface area contributed by atoms with Gasteiger partial charge in [0.15, 0.2) is 0 Å². The van der Waals surface area contributed by atoms with Gasteiger partial charge in [-0.2, -0.15) is 0 Å². The van der Waals surface area contributed by atoms with E-state index in [1.807, 2.05) is 24.4 Å². The van der Waals surface area contributed by atoms with Crippen molar-refractivity contribution in [2.45, 2.75) is 20.3 Å². The van der Waals surface area contributed by atoms with Crippen molar-refractivity contribution in [1.29, 1.82) is 0 Å². The van der Waals surface area contributed by atoms with Crippen LogP contribution in [0.2, 0.25) is 0 Å². The average molecular weight is 359 g/mol. The zero-order valence-electron chi connectivity index (χ0n) is 14.2. The molecule has 2 rings (SSSR count). The Bertz CT molecular complexity index is 727. The van der Waals surface area contributed by atoms with Gasteiger partial charge in [0.1, 0.15) is 0 Å². The van der Waals surface area contributed by atoms with Crippen molar-refractivity contribution in [3.8, 4) is 0 Å². The summed E-state index contributed by atoms with van der Waals surface area (Å²) < 4.78 is 0. The van der Waals surface area contributed by atoms with Gasteiger partial charge in [-0.3, -0.25) is 14.4 Å². The first-order valence-electron chi connectivity index (χ1n) is 7.95. The van der Waals surface area contributed by atoms with Crippen LogP contribution < -0.4 is 10.6 Å². The molecule has 0 bridgehead atoms. The molecule has 0 saturated heterocycles. The number of thiophene rings is 1. The molecule has 0 aliphatic rings. The molecular weight excluding hydrogens is 338 g/mol. The third-order valence-corrected chi connectivity index (χ3v) is 4.34. The Morgan fingerprint density at radius 1 is 1.04 bits per heavy atom. The normalized spacial score (nSPS) is 10.2. The summed E-state index contributed by atoms with van der Waals surface area (Å²) in [6, 6.07) is 10.6. The minimum absolute atomic E-state index is 0.00809. The van der Waals surface area contributed by atoms with Crippen LogP contribution in [-0.4, -0.2) is 35.7 Å². The molecule has 1 aromatic heterocycles. The molecule has 1 aromatic carbocycles. The molecule has 0 atom stereocenters. The number of nitrogens with zero attached hydrogens (tertiary/aromatic N) is 1. The highest BCUT2D eigenvalue weighted by molar-refractivity contribution is 7.10. The Balaban J connectivity index is 1.88. The van der Waals surface area contributed by atoms with Gasteiger partial charge in [0, 0.05) is 29.7 Å². The van der Waals surface area contributed by atoms with Crippen LogP contribution in [-0.2, 0) is 20.8 Å². The van der Waals surface area contributed by atoms with E-state index in [0.717, 1.165) is 4.88 Å². The van der Waals surface area contributed by atoms with Crippen molar-refractivity contribution < 1.29 is 14.4 Å². The fourth-order valence-corrected chi connectivity index (χ4v) is 2.96. The summed E-state index contributed by atoms with van der Waals surface area (Å²) in [7, 11) is 0. The van der Waals surface area contributed by atoms with Gasteiger partial charge < -0.3 is 15.5 Å². The predicted molar refractivity (Wildman–Crippen MR) is 99.7 cm³/mol. The van der Waals surface area contributed by atoms with E-state index >= 15 is 0 Å². The molecule has 3 amide bonds. The van der Waals surface area contributed by atoms with Crippen molar-refractivity contribution in [2.24, 2.45) is 0 Å². The fourth-order valence-electron chi connectivity index (χ4n) is 2.26. The summed E-state index contributed by atoms with van der Waals surface area (Å²) in [5, 5.41) is 7.34. The lowest BCUT2D eigenvalue weighted by Crippen LogP contribution is -2.38. The number of carbonyl (C=O) groups is 3. The Kier molecular flexibility index (Phi) is 6.71. The van der Waals surface area contributed by atoms with E-state index in [4.69, 9.17) is 0 Å². The maximum absolute atomic E-state index is 12.3. The number of hydrogen-bond donors (Lipinski definition) is 2. The zero-order chi connectivity index (χ0) is 18.2. The Morgan fingerprint density at radius 2 is 1.68 bits per heavy atom. The van der Waals surface area contributed by atoms with Crippen LogP contribution in [0, 0.1) is 0 Å². The highest BCUT2D eigenvalue weighted by Gasteiger charge is 2.16. The molecule has 132 valence electrons. The van der Waals surface area contributed by atoms with Gasteiger partial charge in [-0.05, 0) is 42.6 Å². The molecule has 0 unspecified atom stereocenters. The topological polar surface area (TPSA) is 78.5 Å². The number of carbonyl (C=O) groups excluding carboxylic acids is 3. The summed E-state index contributed by atoms with van der Waals surface area (Å²) in [5.74, 6) is -0.477. The fraction of sp³-hybridized carbons (Fsp3) is 0.278. The number of benzene rings is 1. The first-order valence-corrected chi connectivity index (χ1v) is 8.83. The van der Waals surface area contributed by atoms with Gasteiger partial charge in [0.25, 0.3) is 0 Å². The number of likely N-dealkylation sites (N-methyl/N-ethyl adjacent to an activating group) is 1. The molecule has 6 nitrogen and oxygen atoms in total. The largest absolute Gasteiger partial charge is 0.333 e. The van der Waals surface area contributed by atoms with Crippen molar-refractivity contribution in [3.05, 3.63) is 46.7 Å². The molecule has 2 N–H and O–H groups in total. The second-order valence-electron chi connectivity index (χ2n) is 5.47. The van der Waals surface area contributed by atoms with E-state index in [0.29, 0.717) is 24.3 Å². The zero-order valence-corrected chi connectivity index (χ0v) is 15.1. The molecule has 0 radical (unpaired) electrons. The van der Waals surface area contributed by atoms with Gasteiger partial charge in [0.2, 0.25) is 17.7 Å². The van der Waals surface area contributed by atoms with E-state index < -0.39 is 0 Å². The number of nitrogens with one attached hydrogen (secondary N) is 2. The smallest absolute Gasteiger partial charge is 0.243 e. The highest BCUT2D eigenvalue weighted by atomic mass is 32.1. The van der Waals surface area contributed by atoms with Crippen LogP contribution in [0.3, 0.4) is 0 Å². The van der Waals surface area contributed by atoms with Crippen molar-refractivity contribution in [3.63, 3.8) is 0 Å². The van der Waals surface area contributed by atoms with E-state index in [2.05, 4.69) is 10.6 Å². The molecule has 25 heavy (non-hydrogen) atoms. The molecule has 0 aliphatic heterocycles. The standard InChI is InChI=1S/C18H21N3O3S/c1-3-21(18(24)11-16-5-4-10-25-16)12-17(23)20-15-8-6-14(7-9-15)19-13(2)22/h4-10H,3,11-12H2,1-2H3,(H,19,22)(H,20,23). The molecule has 0 fully saturated rings. The van der Waals surface area contributed by atoms with Gasteiger partial charge in [-0.25, -0.2) is 0 Å². The molecular formula is C18H21N3O3S.